The van der Waals surface area contributed by atoms with Crippen LogP contribution in [0.2, 0.25) is 0 Å². The van der Waals surface area contributed by atoms with E-state index in [0.29, 0.717) is 16.6 Å². The quantitative estimate of drug-likeness (QED) is 0.755. The number of amides is 2. The fraction of sp³-hybridized carbons (Fsp3) is 0.385. The van der Waals surface area contributed by atoms with Crippen LogP contribution in [0.15, 0.2) is 22.7 Å². The van der Waals surface area contributed by atoms with Crippen LogP contribution < -0.4 is 10.6 Å². The van der Waals surface area contributed by atoms with Crippen molar-refractivity contribution in [2.45, 2.75) is 19.4 Å². The topological polar surface area (TPSA) is 92.3 Å². The molecule has 1 unspecified atom stereocenters. The SMILES string of the molecule is Cc1ccc(NC(=O)C(=O)NC2CCS(=O)(=O)C2)c(Br)c1. The second-order valence-corrected chi connectivity index (χ2v) is 8.09. The Hall–Kier alpha value is -1.41. The molecule has 1 atom stereocenters. The molecular formula is C13H15BrN2O4S. The van der Waals surface area contributed by atoms with Crippen LogP contribution in [0.25, 0.3) is 0 Å². The summed E-state index contributed by atoms with van der Waals surface area (Å²) in [6.07, 6.45) is 0.343. The van der Waals surface area contributed by atoms with Gasteiger partial charge >= 0.3 is 11.8 Å². The normalized spacial score (nSPS) is 20.0. The summed E-state index contributed by atoms with van der Waals surface area (Å²) in [7, 11) is -3.09. The Morgan fingerprint density at radius 3 is 2.57 bits per heavy atom. The van der Waals surface area contributed by atoms with Gasteiger partial charge in [0, 0.05) is 10.5 Å². The van der Waals surface area contributed by atoms with E-state index < -0.39 is 27.7 Å². The highest BCUT2D eigenvalue weighted by atomic mass is 79.9. The van der Waals surface area contributed by atoms with Gasteiger partial charge in [-0.05, 0) is 47.0 Å². The first kappa shape index (κ1) is 16.0. The van der Waals surface area contributed by atoms with Crippen LogP contribution >= 0.6 is 15.9 Å². The summed E-state index contributed by atoms with van der Waals surface area (Å²) in [5, 5.41) is 4.92. The predicted octanol–water partition coefficient (Wildman–Crippen LogP) is 0.999. The third kappa shape index (κ3) is 4.28. The second-order valence-electron chi connectivity index (χ2n) is 5.01. The van der Waals surface area contributed by atoms with Crippen molar-refractivity contribution in [1.29, 1.82) is 0 Å². The molecule has 1 heterocycles. The molecule has 0 aromatic heterocycles. The highest BCUT2D eigenvalue weighted by molar-refractivity contribution is 9.10. The van der Waals surface area contributed by atoms with Crippen molar-refractivity contribution in [2.75, 3.05) is 16.8 Å². The average molecular weight is 375 g/mol. The molecule has 0 bridgehead atoms. The molecular weight excluding hydrogens is 360 g/mol. The van der Waals surface area contributed by atoms with Gasteiger partial charge in [-0.1, -0.05) is 6.07 Å². The van der Waals surface area contributed by atoms with Crippen molar-refractivity contribution in [2.24, 2.45) is 0 Å². The van der Waals surface area contributed by atoms with Crippen LogP contribution in [0.1, 0.15) is 12.0 Å². The van der Waals surface area contributed by atoms with Gasteiger partial charge in [-0.25, -0.2) is 8.42 Å². The van der Waals surface area contributed by atoms with E-state index >= 15 is 0 Å². The Balaban J connectivity index is 1.95. The van der Waals surface area contributed by atoms with Gasteiger partial charge in [0.25, 0.3) is 0 Å². The molecule has 2 amide bonds. The van der Waals surface area contributed by atoms with E-state index in [0.717, 1.165) is 5.56 Å². The van der Waals surface area contributed by atoms with Crippen LogP contribution in [0.4, 0.5) is 5.69 Å². The number of sulfone groups is 1. The van der Waals surface area contributed by atoms with E-state index in [4.69, 9.17) is 0 Å². The number of hydrogen-bond acceptors (Lipinski definition) is 4. The minimum absolute atomic E-state index is 0.0447. The number of nitrogens with one attached hydrogen (secondary N) is 2. The van der Waals surface area contributed by atoms with Gasteiger partial charge in [0.05, 0.1) is 17.2 Å². The van der Waals surface area contributed by atoms with Crippen LogP contribution in [-0.2, 0) is 19.4 Å². The molecule has 114 valence electrons. The maximum Gasteiger partial charge on any atom is 0.313 e. The number of rotatable bonds is 2. The minimum atomic E-state index is -3.09. The molecule has 0 aliphatic carbocycles. The Bertz CT molecular complexity index is 687. The lowest BCUT2D eigenvalue weighted by Crippen LogP contribution is -2.42. The van der Waals surface area contributed by atoms with Crippen molar-refractivity contribution in [1.82, 2.24) is 5.32 Å². The molecule has 21 heavy (non-hydrogen) atoms. The van der Waals surface area contributed by atoms with Crippen LogP contribution in [0.5, 0.6) is 0 Å². The molecule has 1 aromatic rings. The van der Waals surface area contributed by atoms with Gasteiger partial charge in [0.2, 0.25) is 0 Å². The molecule has 0 saturated carbocycles. The average Bonchev–Trinajstić information content (AvgIpc) is 2.72. The fourth-order valence-electron chi connectivity index (χ4n) is 2.06. The highest BCUT2D eigenvalue weighted by Crippen LogP contribution is 2.23. The van der Waals surface area contributed by atoms with Crippen LogP contribution in [-0.4, -0.2) is 37.8 Å². The maximum absolute atomic E-state index is 11.8. The zero-order valence-corrected chi connectivity index (χ0v) is 13.8. The number of anilines is 1. The molecule has 1 saturated heterocycles. The molecule has 8 heteroatoms. The van der Waals surface area contributed by atoms with E-state index in [1.807, 2.05) is 19.1 Å². The number of carbonyl (C=O) groups excluding carboxylic acids is 2. The summed E-state index contributed by atoms with van der Waals surface area (Å²) in [4.78, 5) is 23.6. The van der Waals surface area contributed by atoms with E-state index in [1.54, 1.807) is 6.07 Å². The lowest BCUT2D eigenvalue weighted by atomic mass is 10.2. The third-order valence-corrected chi connectivity index (χ3v) is 5.57. The van der Waals surface area contributed by atoms with Crippen LogP contribution in [0, 0.1) is 6.92 Å². The summed E-state index contributed by atoms with van der Waals surface area (Å²) < 4.78 is 23.3. The zero-order valence-electron chi connectivity index (χ0n) is 11.3. The molecule has 6 nitrogen and oxygen atoms in total. The number of hydrogen-bond donors (Lipinski definition) is 2. The van der Waals surface area contributed by atoms with E-state index in [9.17, 15) is 18.0 Å². The molecule has 0 radical (unpaired) electrons. The summed E-state index contributed by atoms with van der Waals surface area (Å²) in [6.45, 7) is 1.91. The second kappa shape index (κ2) is 6.15. The largest absolute Gasteiger partial charge is 0.344 e. The van der Waals surface area contributed by atoms with Crippen molar-refractivity contribution in [3.63, 3.8) is 0 Å². The Morgan fingerprint density at radius 2 is 2.00 bits per heavy atom. The van der Waals surface area contributed by atoms with E-state index in [-0.39, 0.29) is 11.5 Å². The first-order valence-electron chi connectivity index (χ1n) is 6.35. The standard InChI is InChI=1S/C13H15BrN2O4S/c1-8-2-3-11(10(14)6-8)16-13(18)12(17)15-9-4-5-21(19,20)7-9/h2-3,6,9H,4-5,7H2,1H3,(H,15,17)(H,16,18). The predicted molar refractivity (Wildman–Crippen MR) is 82.7 cm³/mol. The summed E-state index contributed by atoms with van der Waals surface area (Å²) in [6, 6.07) is 4.82. The van der Waals surface area contributed by atoms with Gasteiger partial charge in [0.1, 0.15) is 0 Å². The van der Waals surface area contributed by atoms with Crippen LogP contribution in [0.3, 0.4) is 0 Å². The fourth-order valence-corrected chi connectivity index (χ4v) is 4.33. The molecule has 1 aliphatic heterocycles. The van der Waals surface area contributed by atoms with Gasteiger partial charge in [-0.15, -0.1) is 0 Å². The van der Waals surface area contributed by atoms with E-state index in [1.165, 1.54) is 0 Å². The van der Waals surface area contributed by atoms with Gasteiger partial charge in [0.15, 0.2) is 9.84 Å². The highest BCUT2D eigenvalue weighted by Gasteiger charge is 2.30. The van der Waals surface area contributed by atoms with Gasteiger partial charge in [-0.2, -0.15) is 0 Å². The Labute approximate surface area is 131 Å². The van der Waals surface area contributed by atoms with Crippen molar-refractivity contribution < 1.29 is 18.0 Å². The first-order valence-corrected chi connectivity index (χ1v) is 8.97. The summed E-state index contributed by atoms with van der Waals surface area (Å²) >= 11 is 3.30. The Morgan fingerprint density at radius 1 is 1.29 bits per heavy atom. The molecule has 1 aliphatic rings. The summed E-state index contributed by atoms with van der Waals surface area (Å²) in [5.74, 6) is -1.71. The maximum atomic E-state index is 11.8. The molecule has 2 N–H and O–H groups in total. The number of aryl methyl sites for hydroxylation is 1. The monoisotopic (exact) mass is 374 g/mol. The minimum Gasteiger partial charge on any atom is -0.344 e. The molecule has 0 spiro atoms. The van der Waals surface area contributed by atoms with Crippen molar-refractivity contribution in [3.8, 4) is 0 Å². The number of carbonyl (C=O) groups is 2. The molecule has 2 rings (SSSR count). The zero-order chi connectivity index (χ0) is 15.6. The van der Waals surface area contributed by atoms with Gasteiger partial charge < -0.3 is 10.6 Å². The first-order chi connectivity index (χ1) is 9.77. The van der Waals surface area contributed by atoms with Crippen molar-refractivity contribution >= 4 is 43.3 Å². The van der Waals surface area contributed by atoms with Crippen molar-refractivity contribution in [3.05, 3.63) is 28.2 Å². The lowest BCUT2D eigenvalue weighted by molar-refractivity contribution is -0.136. The van der Waals surface area contributed by atoms with E-state index in [2.05, 4.69) is 26.6 Å². The Kier molecular flexibility index (Phi) is 4.67. The summed E-state index contributed by atoms with van der Waals surface area (Å²) in [5.41, 5.74) is 1.50. The molecule has 1 fully saturated rings. The third-order valence-electron chi connectivity index (χ3n) is 3.15. The molecule has 1 aromatic carbocycles. The smallest absolute Gasteiger partial charge is 0.313 e. The number of benzene rings is 1. The number of halogens is 1. The van der Waals surface area contributed by atoms with Gasteiger partial charge in [-0.3, -0.25) is 9.59 Å². The lowest BCUT2D eigenvalue weighted by Gasteiger charge is -2.11.